The van der Waals surface area contributed by atoms with Gasteiger partial charge in [0.2, 0.25) is 0 Å². The Morgan fingerprint density at radius 1 is 0.920 bits per heavy atom. The fraction of sp³-hybridized carbons (Fsp3) is 0.250. The van der Waals surface area contributed by atoms with Gasteiger partial charge >= 0.3 is 0 Å². The van der Waals surface area contributed by atoms with Crippen molar-refractivity contribution in [3.63, 3.8) is 0 Å². The quantitative estimate of drug-likeness (QED) is 0.624. The lowest BCUT2D eigenvalue weighted by Gasteiger charge is -2.26. The molecule has 0 spiro atoms. The Balaban J connectivity index is 0.000000528. The van der Waals surface area contributed by atoms with Gasteiger partial charge in [-0.05, 0) is 11.6 Å². The van der Waals surface area contributed by atoms with Crippen molar-refractivity contribution >= 4 is 12.5 Å². The van der Waals surface area contributed by atoms with Crippen molar-refractivity contribution in [2.45, 2.75) is 20.4 Å². The van der Waals surface area contributed by atoms with Crippen molar-refractivity contribution in [1.82, 2.24) is 15.0 Å². The molecule has 0 fully saturated rings. The second kappa shape index (κ2) is 8.24. The highest BCUT2D eigenvalue weighted by molar-refractivity contribution is 5.87. The van der Waals surface area contributed by atoms with Crippen LogP contribution in [-0.2, 0) is 18.4 Å². The molecule has 1 aromatic heterocycles. The first-order valence-corrected chi connectivity index (χ1v) is 8.33. The van der Waals surface area contributed by atoms with Crippen molar-refractivity contribution in [2.24, 2.45) is 7.05 Å². The Bertz CT molecular complexity index is 841. The van der Waals surface area contributed by atoms with Gasteiger partial charge in [0.1, 0.15) is 12.5 Å². The van der Waals surface area contributed by atoms with Gasteiger partial charge in [-0.2, -0.15) is 0 Å². The summed E-state index contributed by atoms with van der Waals surface area (Å²) in [5.41, 5.74) is 6.87. The van der Waals surface area contributed by atoms with Crippen molar-refractivity contribution in [2.75, 3.05) is 11.9 Å². The van der Waals surface area contributed by atoms with E-state index in [9.17, 15) is 0 Å². The first-order valence-electron chi connectivity index (χ1n) is 8.33. The summed E-state index contributed by atoms with van der Waals surface area (Å²) in [6.45, 7) is 6.87. The van der Waals surface area contributed by atoms with Gasteiger partial charge in [-0.3, -0.25) is 0 Å². The molecule has 0 amide bonds. The molecule has 0 N–H and O–H groups in total. The number of para-hydroxylation sites is 1. The molecule has 1 aliphatic heterocycles. The maximum atomic E-state index is 8.00. The molecule has 5 heteroatoms. The lowest BCUT2D eigenvalue weighted by atomic mass is 9.96. The van der Waals surface area contributed by atoms with E-state index in [2.05, 4.69) is 70.8 Å². The number of hydrogen-bond donors (Lipinski definition) is 0. The molecule has 2 heterocycles. The zero-order chi connectivity index (χ0) is 18.4. The summed E-state index contributed by atoms with van der Waals surface area (Å²) in [6, 6.07) is 16.9. The van der Waals surface area contributed by atoms with Gasteiger partial charge in [0, 0.05) is 37.5 Å². The number of rotatable bonds is 0. The molecule has 0 unspecified atom stereocenters. The number of aromatic nitrogens is 3. The van der Waals surface area contributed by atoms with Gasteiger partial charge < -0.3 is 9.69 Å². The molecular weight excluding hydrogens is 312 g/mol. The van der Waals surface area contributed by atoms with E-state index in [1.54, 1.807) is 0 Å². The average Bonchev–Trinajstić information content (AvgIpc) is 3.05. The van der Waals surface area contributed by atoms with Crippen LogP contribution in [0.5, 0.6) is 0 Å². The van der Waals surface area contributed by atoms with E-state index in [-0.39, 0.29) is 0 Å². The van der Waals surface area contributed by atoms with Gasteiger partial charge in [-0.25, -0.2) is 4.68 Å². The molecule has 130 valence electrons. The van der Waals surface area contributed by atoms with Crippen LogP contribution in [0.4, 0.5) is 5.69 Å². The highest BCUT2D eigenvalue weighted by Gasteiger charge is 2.23. The van der Waals surface area contributed by atoms with Crippen molar-refractivity contribution < 1.29 is 4.79 Å². The Morgan fingerprint density at radius 2 is 1.52 bits per heavy atom. The van der Waals surface area contributed by atoms with Crippen LogP contribution in [0.1, 0.15) is 19.4 Å². The first-order chi connectivity index (χ1) is 12.3. The third-order valence-corrected chi connectivity index (χ3v) is 4.08. The maximum Gasteiger partial charge on any atom is 0.123 e. The Hall–Kier alpha value is -2.95. The summed E-state index contributed by atoms with van der Waals surface area (Å²) in [5, 5.41) is 8.67. The topological polar surface area (TPSA) is 51.0 Å². The fourth-order valence-electron chi connectivity index (χ4n) is 3.08. The first kappa shape index (κ1) is 18.4. The lowest BCUT2D eigenvalue weighted by molar-refractivity contribution is -0.0979. The summed E-state index contributed by atoms with van der Waals surface area (Å²) < 4.78 is 1.87. The largest absolute Gasteiger partial charge is 0.370 e. The van der Waals surface area contributed by atoms with Gasteiger partial charge in [-0.15, -0.1) is 5.10 Å². The minimum atomic E-state index is 0.873. The number of carbonyl (C=O) groups is 1. The maximum absolute atomic E-state index is 8.00. The van der Waals surface area contributed by atoms with Crippen molar-refractivity contribution in [3.05, 3.63) is 54.1 Å². The second-order valence-corrected chi connectivity index (χ2v) is 5.44. The molecule has 3 aromatic rings. The van der Waals surface area contributed by atoms with E-state index < -0.39 is 0 Å². The van der Waals surface area contributed by atoms with E-state index in [0.29, 0.717) is 0 Å². The molecule has 0 radical (unpaired) electrons. The number of fused-ring (bicyclic) bond motifs is 5. The third kappa shape index (κ3) is 3.31. The van der Waals surface area contributed by atoms with Gasteiger partial charge in [0.05, 0.1) is 5.69 Å². The van der Waals surface area contributed by atoms with Crippen LogP contribution in [0.15, 0.2) is 48.5 Å². The number of aryl methyl sites for hydroxylation is 1. The van der Waals surface area contributed by atoms with Crippen LogP contribution in [0.25, 0.3) is 22.5 Å². The Labute approximate surface area is 148 Å². The fourth-order valence-corrected chi connectivity index (χ4v) is 3.08. The standard InChI is InChI=1S/C17H16N4.C2H6.CH2O/c1-20-11-12-7-3-4-8-13(12)17-16(18-19-21(17)2)14-9-5-6-10-15(14)20;2*1-2/h3-10H,11H2,1-2H3;1-2H3;1H2. The predicted molar refractivity (Wildman–Crippen MR) is 102 cm³/mol. The number of benzene rings is 2. The number of anilines is 1. The summed E-state index contributed by atoms with van der Waals surface area (Å²) in [4.78, 5) is 10.3. The highest BCUT2D eigenvalue weighted by atomic mass is 16.1. The SMILES string of the molecule is C=O.CC.CN1Cc2ccccc2-c2c(nnn2C)-c2ccccc21. The van der Waals surface area contributed by atoms with Crippen molar-refractivity contribution in [3.8, 4) is 22.5 Å². The zero-order valence-corrected chi connectivity index (χ0v) is 15.2. The lowest BCUT2D eigenvalue weighted by Crippen LogP contribution is -2.19. The van der Waals surface area contributed by atoms with Gasteiger partial charge in [-0.1, -0.05) is 61.5 Å². The molecule has 4 rings (SSSR count). The number of hydrogen-bond acceptors (Lipinski definition) is 4. The average molecular weight is 336 g/mol. The van der Waals surface area contributed by atoms with E-state index in [1.807, 2.05) is 32.4 Å². The van der Waals surface area contributed by atoms with Crippen LogP contribution >= 0.6 is 0 Å². The van der Waals surface area contributed by atoms with Crippen LogP contribution in [-0.4, -0.2) is 28.8 Å². The van der Waals surface area contributed by atoms with Crippen LogP contribution in [0.3, 0.4) is 0 Å². The third-order valence-electron chi connectivity index (χ3n) is 4.08. The normalized spacial score (nSPS) is 11.3. The van der Waals surface area contributed by atoms with E-state index in [0.717, 1.165) is 23.5 Å². The Morgan fingerprint density at radius 3 is 2.24 bits per heavy atom. The zero-order valence-electron chi connectivity index (χ0n) is 15.2. The minimum Gasteiger partial charge on any atom is -0.370 e. The summed E-state index contributed by atoms with van der Waals surface area (Å²) in [6.07, 6.45) is 0. The molecule has 0 saturated heterocycles. The van der Waals surface area contributed by atoms with Gasteiger partial charge in [0.25, 0.3) is 0 Å². The molecule has 0 saturated carbocycles. The van der Waals surface area contributed by atoms with Crippen molar-refractivity contribution in [1.29, 1.82) is 0 Å². The molecule has 0 bridgehead atoms. The monoisotopic (exact) mass is 336 g/mol. The van der Waals surface area contributed by atoms with Crippen LogP contribution in [0, 0.1) is 0 Å². The summed E-state index contributed by atoms with van der Waals surface area (Å²) in [5.74, 6) is 0. The molecule has 0 atom stereocenters. The highest BCUT2D eigenvalue weighted by Crippen LogP contribution is 2.39. The van der Waals surface area contributed by atoms with E-state index in [4.69, 9.17) is 4.79 Å². The van der Waals surface area contributed by atoms with E-state index in [1.165, 1.54) is 16.8 Å². The number of nitrogens with zero attached hydrogens (tertiary/aromatic N) is 4. The summed E-state index contributed by atoms with van der Waals surface area (Å²) >= 11 is 0. The molecule has 2 aromatic carbocycles. The summed E-state index contributed by atoms with van der Waals surface area (Å²) in [7, 11) is 4.08. The molecule has 5 nitrogen and oxygen atoms in total. The van der Waals surface area contributed by atoms with Gasteiger partial charge in [0.15, 0.2) is 0 Å². The van der Waals surface area contributed by atoms with Crippen LogP contribution in [0.2, 0.25) is 0 Å². The number of carbonyl (C=O) groups excluding carboxylic acids is 1. The molecular formula is C20H24N4O. The molecule has 0 aliphatic carbocycles. The smallest absolute Gasteiger partial charge is 0.123 e. The second-order valence-electron chi connectivity index (χ2n) is 5.44. The Kier molecular flexibility index (Phi) is 6.06. The predicted octanol–water partition coefficient (Wildman–Crippen LogP) is 3.94. The van der Waals surface area contributed by atoms with E-state index >= 15 is 0 Å². The van der Waals surface area contributed by atoms with Crippen LogP contribution < -0.4 is 4.90 Å². The molecule has 25 heavy (non-hydrogen) atoms. The minimum absolute atomic E-state index is 0.873. The molecule has 1 aliphatic rings.